The molecule has 154 valence electrons. The van der Waals surface area contributed by atoms with E-state index in [0.717, 1.165) is 37.7 Å². The van der Waals surface area contributed by atoms with E-state index in [1.165, 1.54) is 0 Å². The Kier molecular flexibility index (Phi) is 14.4. The fourth-order valence-electron chi connectivity index (χ4n) is 3.69. The predicted molar refractivity (Wildman–Crippen MR) is 110 cm³/mol. The van der Waals surface area contributed by atoms with E-state index in [-0.39, 0.29) is 75.1 Å². The van der Waals surface area contributed by atoms with Gasteiger partial charge < -0.3 is 15.3 Å². The second-order valence-corrected chi connectivity index (χ2v) is 8.53. The Labute approximate surface area is 213 Å². The van der Waals surface area contributed by atoms with Gasteiger partial charge in [0.15, 0.2) is 0 Å². The molecule has 1 saturated carbocycles. The Balaban J connectivity index is 0.00000729. The molecular weight excluding hydrogens is 379 g/mol. The summed E-state index contributed by atoms with van der Waals surface area (Å²) in [6, 6.07) is 0. The Bertz CT molecular complexity index is 539. The molecule has 0 aliphatic heterocycles. The minimum Gasteiger partial charge on any atom is -0.481 e. The average Bonchev–Trinajstić information content (AvgIpc) is 2.86. The van der Waals surface area contributed by atoms with Crippen LogP contribution < -0.4 is 51.4 Å². The number of hydrogen-bond donors (Lipinski definition) is 3. The van der Waals surface area contributed by atoms with Crippen molar-refractivity contribution in [2.24, 2.45) is 17.3 Å². The van der Waals surface area contributed by atoms with Gasteiger partial charge in [-0.1, -0.05) is 70.1 Å². The summed E-state index contributed by atoms with van der Waals surface area (Å²) in [6.45, 7) is 10.4. The number of allylic oxidation sites excluding steroid dienone is 2. The second-order valence-electron chi connectivity index (χ2n) is 8.53. The van der Waals surface area contributed by atoms with Gasteiger partial charge in [0.2, 0.25) is 0 Å². The van der Waals surface area contributed by atoms with Crippen LogP contribution in [0, 0.1) is 17.3 Å². The van der Waals surface area contributed by atoms with Crippen molar-refractivity contribution in [3.05, 3.63) is 36.5 Å². The van der Waals surface area contributed by atoms with E-state index < -0.39 is 18.2 Å². The molecule has 0 aromatic carbocycles. The predicted octanol–water partition coefficient (Wildman–Crippen LogP) is 1.88. The van der Waals surface area contributed by atoms with E-state index >= 15 is 0 Å². The third-order valence-corrected chi connectivity index (χ3v) is 5.71. The number of aliphatic carboxylic acids is 1. The second kappa shape index (κ2) is 14.3. The van der Waals surface area contributed by atoms with Crippen LogP contribution in [-0.4, -0.2) is 33.5 Å². The van der Waals surface area contributed by atoms with E-state index in [2.05, 4.69) is 33.4 Å². The summed E-state index contributed by atoms with van der Waals surface area (Å²) in [7, 11) is 0. The largest absolute Gasteiger partial charge is 1.00 e. The van der Waals surface area contributed by atoms with E-state index in [0.29, 0.717) is 12.8 Å². The van der Waals surface area contributed by atoms with Crippen LogP contribution in [0.5, 0.6) is 0 Å². The van der Waals surface area contributed by atoms with Crippen molar-refractivity contribution in [2.75, 3.05) is 0 Å². The maximum Gasteiger partial charge on any atom is 1.00 e. The van der Waals surface area contributed by atoms with Crippen LogP contribution in [0.15, 0.2) is 36.5 Å². The zero-order chi connectivity index (χ0) is 20.4. The third kappa shape index (κ3) is 9.83. The van der Waals surface area contributed by atoms with Gasteiger partial charge in [-0.05, 0) is 43.4 Å². The van der Waals surface area contributed by atoms with Crippen molar-refractivity contribution in [3.8, 4) is 0 Å². The third-order valence-electron chi connectivity index (χ3n) is 5.71. The van der Waals surface area contributed by atoms with Gasteiger partial charge in [-0.15, -0.1) is 0 Å². The number of carboxylic acid groups (broad SMARTS) is 1. The maximum atomic E-state index is 10.6. The van der Waals surface area contributed by atoms with Gasteiger partial charge in [-0.2, -0.15) is 0 Å². The Morgan fingerprint density at radius 3 is 2.61 bits per heavy atom. The maximum absolute atomic E-state index is 10.6. The summed E-state index contributed by atoms with van der Waals surface area (Å²) in [4.78, 5) is 10.5. The average molecular weight is 418 g/mol. The van der Waals surface area contributed by atoms with Gasteiger partial charge in [0.1, 0.15) is 0 Å². The fraction of sp³-hybridized carbons (Fsp3) is 0.696. The zero-order valence-corrected chi connectivity index (χ0v) is 21.4. The first-order valence-electron chi connectivity index (χ1n) is 10.3. The van der Waals surface area contributed by atoms with E-state index in [1.807, 2.05) is 18.2 Å². The van der Waals surface area contributed by atoms with Crippen molar-refractivity contribution < 1.29 is 71.5 Å². The number of carboxylic acids is 1. The molecule has 1 aliphatic rings. The van der Waals surface area contributed by atoms with E-state index in [4.69, 9.17) is 5.11 Å². The minimum absolute atomic E-state index is 0. The van der Waals surface area contributed by atoms with Crippen molar-refractivity contribution in [2.45, 2.75) is 84.3 Å². The molecular formula is C23H38KO4+. The van der Waals surface area contributed by atoms with Gasteiger partial charge in [0.05, 0.1) is 12.2 Å². The van der Waals surface area contributed by atoms with Crippen LogP contribution in [0.4, 0.5) is 0 Å². The molecule has 0 radical (unpaired) electrons. The molecule has 4 atom stereocenters. The van der Waals surface area contributed by atoms with Gasteiger partial charge in [-0.3, -0.25) is 4.79 Å². The topological polar surface area (TPSA) is 77.8 Å². The van der Waals surface area contributed by atoms with Gasteiger partial charge in [0, 0.05) is 12.3 Å². The van der Waals surface area contributed by atoms with Crippen molar-refractivity contribution in [3.63, 3.8) is 0 Å². The molecule has 0 amide bonds. The Morgan fingerprint density at radius 1 is 1.32 bits per heavy atom. The molecule has 1 aliphatic carbocycles. The fourth-order valence-corrected chi connectivity index (χ4v) is 3.69. The monoisotopic (exact) mass is 417 g/mol. The molecule has 0 aromatic heterocycles. The smallest absolute Gasteiger partial charge is 0.481 e. The Morgan fingerprint density at radius 2 is 2.00 bits per heavy atom. The number of rotatable bonds is 12. The molecule has 0 aromatic rings. The van der Waals surface area contributed by atoms with Gasteiger partial charge in [-0.25, -0.2) is 0 Å². The van der Waals surface area contributed by atoms with E-state index in [9.17, 15) is 15.0 Å². The van der Waals surface area contributed by atoms with Crippen LogP contribution in [0.1, 0.15) is 72.1 Å². The number of carbonyl (C=O) groups is 1. The number of hydrogen-bond acceptors (Lipinski definition) is 3. The summed E-state index contributed by atoms with van der Waals surface area (Å²) >= 11 is 0. The first kappa shape index (κ1) is 28.2. The molecule has 1 fully saturated rings. The van der Waals surface area contributed by atoms with Gasteiger partial charge >= 0.3 is 57.4 Å². The minimum atomic E-state index is -0.763. The van der Waals surface area contributed by atoms with Crippen LogP contribution in [0.2, 0.25) is 0 Å². The van der Waals surface area contributed by atoms with Crippen LogP contribution in [0.3, 0.4) is 0 Å². The zero-order valence-electron chi connectivity index (χ0n) is 18.2. The summed E-state index contributed by atoms with van der Waals surface area (Å²) in [6.07, 6.45) is 13.1. The summed E-state index contributed by atoms with van der Waals surface area (Å²) in [5, 5.41) is 29.6. The molecule has 0 spiro atoms. The molecule has 0 heterocycles. The molecule has 0 bridgehead atoms. The van der Waals surface area contributed by atoms with Crippen LogP contribution >= 0.6 is 0 Å². The molecule has 5 heteroatoms. The number of aliphatic hydroxyl groups excluding tert-OH is 2. The van der Waals surface area contributed by atoms with E-state index in [1.54, 1.807) is 0 Å². The standard InChI is InChI=1S/C23H38O4.K/c1-5-6-15-23(3,4)21(25)14-13-19-18(17(2)16-20(19)24)11-9-7-8-10-12-22(26)27;/h7,9,13-14,18-21,24-25H,2,5-6,8,10-12,15-16H2,1,3-4H3,(H,26,27);/q;+1/b9-7-,14-13+;/t18-,19+,20+,21+;/m0./s1. The first-order valence-corrected chi connectivity index (χ1v) is 10.3. The van der Waals surface area contributed by atoms with Crippen LogP contribution in [0.25, 0.3) is 0 Å². The molecule has 0 saturated heterocycles. The molecule has 1 rings (SSSR count). The molecule has 4 nitrogen and oxygen atoms in total. The normalized spacial score (nSPS) is 24.0. The number of aliphatic hydroxyl groups is 2. The molecule has 3 N–H and O–H groups in total. The first-order chi connectivity index (χ1) is 12.7. The summed E-state index contributed by atoms with van der Waals surface area (Å²) < 4.78 is 0. The quantitative estimate of drug-likeness (QED) is 0.257. The van der Waals surface area contributed by atoms with Crippen LogP contribution in [-0.2, 0) is 4.79 Å². The number of unbranched alkanes of at least 4 members (excludes halogenated alkanes) is 2. The Hall–Kier alpha value is 0.246. The summed E-state index contributed by atoms with van der Waals surface area (Å²) in [5.74, 6) is -0.628. The molecule has 0 unspecified atom stereocenters. The van der Waals surface area contributed by atoms with Gasteiger partial charge in [0.25, 0.3) is 0 Å². The molecule has 28 heavy (non-hydrogen) atoms. The summed E-state index contributed by atoms with van der Waals surface area (Å²) in [5.41, 5.74) is 0.874. The SMILES string of the molecule is C=C1C[C@@H](O)[C@H](/C=C/[C@@H](O)C(C)(C)CCCC)[C@H]1C/C=C\CCCC(=O)O.[K+]. The van der Waals surface area contributed by atoms with Crippen molar-refractivity contribution in [1.82, 2.24) is 0 Å². The van der Waals surface area contributed by atoms with Crippen molar-refractivity contribution in [1.29, 1.82) is 0 Å². The van der Waals surface area contributed by atoms with Crippen molar-refractivity contribution >= 4 is 5.97 Å².